The molecule has 0 amide bonds. The second-order valence-corrected chi connectivity index (χ2v) is 13.5. The van der Waals surface area contributed by atoms with Gasteiger partial charge in [-0.1, -0.05) is 151 Å². The molecular formula is C34H34Br3Cl4NO2. The fourth-order valence-corrected chi connectivity index (χ4v) is 5.82. The summed E-state index contributed by atoms with van der Waals surface area (Å²) in [5, 5.41) is 3.08. The molecule has 0 aliphatic rings. The summed E-state index contributed by atoms with van der Waals surface area (Å²) in [6.45, 7) is 3.05. The zero-order valence-electron chi connectivity index (χ0n) is 23.5. The van der Waals surface area contributed by atoms with Crippen molar-refractivity contribution in [2.24, 2.45) is 0 Å². The van der Waals surface area contributed by atoms with Gasteiger partial charge in [-0.3, -0.25) is 14.5 Å². The number of likely N-dealkylation sites (N-methyl/N-ethyl adjacent to an activating group) is 1. The van der Waals surface area contributed by atoms with E-state index in [0.29, 0.717) is 39.1 Å². The van der Waals surface area contributed by atoms with Crippen LogP contribution in [-0.4, -0.2) is 35.4 Å². The number of rotatable bonds is 9. The number of hydrogen-bond donors (Lipinski definition) is 0. The first kappa shape index (κ1) is 40.8. The van der Waals surface area contributed by atoms with E-state index in [4.69, 9.17) is 46.4 Å². The van der Waals surface area contributed by atoms with E-state index in [0.717, 1.165) is 37.9 Å². The van der Waals surface area contributed by atoms with Crippen LogP contribution >= 0.6 is 94.2 Å². The number of hydrogen-bond acceptors (Lipinski definition) is 3. The lowest BCUT2D eigenvalue weighted by Gasteiger charge is -2.17. The van der Waals surface area contributed by atoms with Crippen molar-refractivity contribution in [1.82, 2.24) is 4.90 Å². The number of carbonyl (C=O) groups excluding carboxylic acids is 2. The van der Waals surface area contributed by atoms with Gasteiger partial charge in [0.25, 0.3) is 0 Å². The van der Waals surface area contributed by atoms with Gasteiger partial charge < -0.3 is 0 Å². The Hall–Kier alpha value is -1.22. The number of ketones is 2. The van der Waals surface area contributed by atoms with E-state index in [1.54, 1.807) is 24.3 Å². The lowest BCUT2D eigenvalue weighted by atomic mass is 10.1. The molecule has 0 radical (unpaired) electrons. The number of aryl methyl sites for hydroxylation is 1. The summed E-state index contributed by atoms with van der Waals surface area (Å²) in [4.78, 5) is 25.2. The first-order chi connectivity index (χ1) is 20.4. The average molecular weight is 870 g/mol. The molecule has 0 bridgehead atoms. The SMILES string of the molecule is C.CCCc1ccc(Cl)cc1Cl.CN(CC(=O)c1cccc(Br)c1)Cc1ccc(Cl)cc1Cl.O=C(CBr)c1cccc(Br)c1. The largest absolute Gasteiger partial charge is 0.295 e. The van der Waals surface area contributed by atoms with E-state index in [2.05, 4.69) is 54.7 Å². The molecule has 4 aromatic carbocycles. The lowest BCUT2D eigenvalue weighted by Crippen LogP contribution is -2.25. The Morgan fingerprint density at radius 2 is 1.18 bits per heavy atom. The molecule has 0 fully saturated rings. The molecule has 4 rings (SSSR count). The van der Waals surface area contributed by atoms with E-state index in [1.165, 1.54) is 5.56 Å². The van der Waals surface area contributed by atoms with Crippen LogP contribution in [0.4, 0.5) is 0 Å². The normalized spacial score (nSPS) is 10.1. The molecule has 0 atom stereocenters. The minimum absolute atomic E-state index is 0. The molecule has 236 valence electrons. The molecule has 0 aliphatic carbocycles. The highest BCUT2D eigenvalue weighted by Gasteiger charge is 2.12. The van der Waals surface area contributed by atoms with Gasteiger partial charge in [-0.15, -0.1) is 0 Å². The van der Waals surface area contributed by atoms with E-state index in [-0.39, 0.29) is 19.0 Å². The summed E-state index contributed by atoms with van der Waals surface area (Å²) < 4.78 is 1.83. The van der Waals surface area contributed by atoms with Crippen molar-refractivity contribution >= 4 is 106 Å². The van der Waals surface area contributed by atoms with Crippen LogP contribution in [0.3, 0.4) is 0 Å². The number of nitrogens with zero attached hydrogens (tertiary/aromatic N) is 1. The Morgan fingerprint density at radius 3 is 1.61 bits per heavy atom. The van der Waals surface area contributed by atoms with Crippen molar-refractivity contribution in [3.8, 4) is 0 Å². The third-order valence-electron chi connectivity index (χ3n) is 5.82. The fraction of sp³-hybridized carbons (Fsp3) is 0.235. The molecule has 10 heteroatoms. The summed E-state index contributed by atoms with van der Waals surface area (Å²) in [5.41, 5.74) is 3.55. The second-order valence-electron chi connectivity index (χ2n) is 9.39. The van der Waals surface area contributed by atoms with Gasteiger partial charge in [-0.2, -0.15) is 0 Å². The van der Waals surface area contributed by atoms with E-state index in [1.807, 2.05) is 72.6 Å². The van der Waals surface area contributed by atoms with Crippen LogP contribution in [0.2, 0.25) is 20.1 Å². The molecule has 0 heterocycles. The monoisotopic (exact) mass is 865 g/mol. The van der Waals surface area contributed by atoms with Gasteiger partial charge in [0.2, 0.25) is 0 Å². The summed E-state index contributed by atoms with van der Waals surface area (Å²) in [7, 11) is 1.89. The standard InChI is InChI=1S/C16H14BrCl2NO.C9H10Cl2.C8H6Br2O.CH4/c1-20(9-12-5-6-14(18)8-15(12)19)10-16(21)11-3-2-4-13(17)7-11;1-2-3-7-4-5-8(10)6-9(7)11;9-5-8(11)6-2-1-3-7(10)4-6;/h2-8H,9-10H2,1H3;4-6H,2-3H2,1H3;1-4H,5H2;1H4. The van der Waals surface area contributed by atoms with Crippen LogP contribution in [0.15, 0.2) is 93.9 Å². The van der Waals surface area contributed by atoms with Crippen molar-refractivity contribution in [2.45, 2.75) is 33.7 Å². The van der Waals surface area contributed by atoms with Crippen LogP contribution in [0, 0.1) is 0 Å². The highest BCUT2D eigenvalue weighted by Crippen LogP contribution is 2.23. The average Bonchev–Trinajstić information content (AvgIpc) is 2.96. The predicted molar refractivity (Wildman–Crippen MR) is 201 cm³/mol. The van der Waals surface area contributed by atoms with Crippen LogP contribution < -0.4 is 0 Å². The van der Waals surface area contributed by atoms with Gasteiger partial charge in [0.15, 0.2) is 11.6 Å². The van der Waals surface area contributed by atoms with Crippen molar-refractivity contribution in [1.29, 1.82) is 0 Å². The molecule has 0 spiro atoms. The summed E-state index contributed by atoms with van der Waals surface area (Å²) in [5.74, 6) is 0.176. The third kappa shape index (κ3) is 14.9. The Labute approximate surface area is 306 Å². The molecular weight excluding hydrogens is 836 g/mol. The highest BCUT2D eigenvalue weighted by molar-refractivity contribution is 9.10. The van der Waals surface area contributed by atoms with Crippen LogP contribution in [0.25, 0.3) is 0 Å². The van der Waals surface area contributed by atoms with Gasteiger partial charge in [-0.05, 0) is 73.1 Å². The van der Waals surface area contributed by atoms with Crippen LogP contribution in [-0.2, 0) is 13.0 Å². The minimum Gasteiger partial charge on any atom is -0.295 e. The zero-order chi connectivity index (χ0) is 31.9. The maximum absolute atomic E-state index is 12.2. The maximum Gasteiger partial charge on any atom is 0.176 e. The number of benzene rings is 4. The fourth-order valence-electron chi connectivity index (χ4n) is 3.73. The van der Waals surface area contributed by atoms with Crippen molar-refractivity contribution in [3.63, 3.8) is 0 Å². The molecule has 3 nitrogen and oxygen atoms in total. The molecule has 0 saturated heterocycles. The zero-order valence-corrected chi connectivity index (χ0v) is 31.3. The number of Topliss-reactive ketones (excluding diaryl/α,β-unsaturated/α-hetero) is 2. The molecule has 44 heavy (non-hydrogen) atoms. The molecule has 4 aromatic rings. The van der Waals surface area contributed by atoms with E-state index in [9.17, 15) is 9.59 Å². The summed E-state index contributed by atoms with van der Waals surface area (Å²) in [6.07, 6.45) is 2.14. The maximum atomic E-state index is 12.2. The highest BCUT2D eigenvalue weighted by atomic mass is 79.9. The first-order valence-electron chi connectivity index (χ1n) is 13.1. The van der Waals surface area contributed by atoms with Crippen molar-refractivity contribution in [2.75, 3.05) is 18.9 Å². The third-order valence-corrected chi connectivity index (χ3v) is 8.49. The molecule has 0 aliphatic heterocycles. The quantitative estimate of drug-likeness (QED) is 0.124. The van der Waals surface area contributed by atoms with Gasteiger partial charge in [0.05, 0.1) is 11.9 Å². The smallest absolute Gasteiger partial charge is 0.176 e. The molecule has 0 N–H and O–H groups in total. The Bertz CT molecular complexity index is 1520. The van der Waals surface area contributed by atoms with Gasteiger partial charge in [0, 0.05) is 46.7 Å². The van der Waals surface area contributed by atoms with Crippen molar-refractivity contribution in [3.05, 3.63) is 136 Å². The van der Waals surface area contributed by atoms with Crippen LogP contribution in [0.1, 0.15) is 52.6 Å². The summed E-state index contributed by atoms with van der Waals surface area (Å²) >= 11 is 33.5. The van der Waals surface area contributed by atoms with Crippen LogP contribution in [0.5, 0.6) is 0 Å². The minimum atomic E-state index is 0. The van der Waals surface area contributed by atoms with Gasteiger partial charge in [0.1, 0.15) is 0 Å². The van der Waals surface area contributed by atoms with E-state index < -0.39 is 0 Å². The molecule has 0 aromatic heterocycles. The first-order valence-corrected chi connectivity index (χ1v) is 17.3. The number of halogens is 7. The number of alkyl halides is 1. The summed E-state index contributed by atoms with van der Waals surface area (Å²) in [6, 6.07) is 25.8. The Morgan fingerprint density at radius 1 is 0.705 bits per heavy atom. The van der Waals surface area contributed by atoms with Crippen molar-refractivity contribution < 1.29 is 9.59 Å². The molecule has 0 unspecified atom stereocenters. The van der Waals surface area contributed by atoms with Gasteiger partial charge >= 0.3 is 0 Å². The number of carbonyl (C=O) groups is 2. The second kappa shape index (κ2) is 21.6. The predicted octanol–water partition coefficient (Wildman–Crippen LogP) is 12.7. The lowest BCUT2D eigenvalue weighted by molar-refractivity contribution is 0.0942. The van der Waals surface area contributed by atoms with E-state index >= 15 is 0 Å². The Balaban J connectivity index is 0.000000357. The van der Waals surface area contributed by atoms with Gasteiger partial charge in [-0.25, -0.2) is 0 Å². The topological polar surface area (TPSA) is 37.4 Å². The molecule has 0 saturated carbocycles. The Kier molecular flexibility index (Phi) is 20.0.